The fourth-order valence-electron chi connectivity index (χ4n) is 3.31. The molecule has 0 spiro atoms. The number of carbonyl (C=O) groups excluding carboxylic acids is 3. The molecule has 0 radical (unpaired) electrons. The number of aryl methyl sites for hydroxylation is 1. The van der Waals surface area contributed by atoms with Crippen molar-refractivity contribution in [3.8, 4) is 0 Å². The highest BCUT2D eigenvalue weighted by Crippen LogP contribution is 2.36. The third-order valence-electron chi connectivity index (χ3n) is 4.74. The molecule has 1 aliphatic heterocycles. The lowest BCUT2D eigenvalue weighted by molar-refractivity contribution is -0.143. The highest BCUT2D eigenvalue weighted by atomic mass is 32.2. The van der Waals surface area contributed by atoms with Crippen LogP contribution in [0.25, 0.3) is 0 Å². The highest BCUT2D eigenvalue weighted by Gasteiger charge is 2.29. The Kier molecular flexibility index (Phi) is 6.24. The fourth-order valence-corrected chi connectivity index (χ4v) is 4.41. The predicted molar refractivity (Wildman–Crippen MR) is 109 cm³/mol. The summed E-state index contributed by atoms with van der Waals surface area (Å²) in [6, 6.07) is 9.28. The van der Waals surface area contributed by atoms with Gasteiger partial charge in [0.1, 0.15) is 0 Å². The Morgan fingerprint density at radius 3 is 2.75 bits per heavy atom. The first-order valence-corrected chi connectivity index (χ1v) is 10.2. The molecule has 0 fully saturated rings. The van der Waals surface area contributed by atoms with E-state index in [1.165, 1.54) is 11.8 Å². The number of hydrogen-bond donors (Lipinski definition) is 1. The standard InChI is InChI=1S/C21H24N2O4S/c1-4-9-23-13(2)10-15(14(23)3)17(24)12-27-20(25)11-19-21(26)22-16-7-5-6-8-18(16)28-19/h5-8,10,19H,4,9,11-12H2,1-3H3,(H,22,26)/t19-/m0/s1. The van der Waals surface area contributed by atoms with Gasteiger partial charge in [0.2, 0.25) is 11.7 Å². The number of para-hydroxylation sites is 1. The number of fused-ring (bicyclic) bond motifs is 1. The molecule has 1 aromatic carbocycles. The molecular weight excluding hydrogens is 376 g/mol. The molecule has 0 unspecified atom stereocenters. The van der Waals surface area contributed by atoms with E-state index in [1.807, 2.05) is 44.2 Å². The van der Waals surface area contributed by atoms with Crippen LogP contribution in [-0.2, 0) is 20.9 Å². The van der Waals surface area contributed by atoms with E-state index in [9.17, 15) is 14.4 Å². The predicted octanol–water partition coefficient (Wildman–Crippen LogP) is 3.74. The normalized spacial score (nSPS) is 15.7. The minimum atomic E-state index is -0.563. The van der Waals surface area contributed by atoms with Gasteiger partial charge in [-0.15, -0.1) is 11.8 Å². The van der Waals surface area contributed by atoms with Gasteiger partial charge in [-0.2, -0.15) is 0 Å². The molecule has 0 saturated heterocycles. The van der Waals surface area contributed by atoms with Crippen molar-refractivity contribution in [2.45, 2.75) is 50.3 Å². The van der Waals surface area contributed by atoms with Crippen LogP contribution >= 0.6 is 11.8 Å². The Morgan fingerprint density at radius 1 is 1.25 bits per heavy atom. The molecule has 148 valence electrons. The maximum atomic E-state index is 12.5. The Bertz CT molecular complexity index is 919. The number of ketones is 1. The summed E-state index contributed by atoms with van der Waals surface area (Å²) in [5.74, 6) is -1.01. The summed E-state index contributed by atoms with van der Waals surface area (Å²) in [6.07, 6.45) is 0.899. The lowest BCUT2D eigenvalue weighted by Gasteiger charge is -2.23. The minimum absolute atomic E-state index is 0.0764. The molecule has 0 bridgehead atoms. The number of amides is 1. The SMILES string of the molecule is CCCn1c(C)cc(C(=O)COC(=O)C[C@@H]2Sc3ccccc3NC2=O)c1C. The zero-order valence-electron chi connectivity index (χ0n) is 16.3. The average Bonchev–Trinajstić information content (AvgIpc) is 2.95. The first-order valence-electron chi connectivity index (χ1n) is 9.32. The van der Waals surface area contributed by atoms with Gasteiger partial charge in [-0.05, 0) is 38.5 Å². The van der Waals surface area contributed by atoms with E-state index in [-0.39, 0.29) is 24.7 Å². The van der Waals surface area contributed by atoms with Crippen molar-refractivity contribution in [1.29, 1.82) is 0 Å². The van der Waals surface area contributed by atoms with E-state index in [1.54, 1.807) is 0 Å². The van der Waals surface area contributed by atoms with Crippen LogP contribution in [0.2, 0.25) is 0 Å². The number of nitrogens with zero attached hydrogens (tertiary/aromatic N) is 1. The number of benzene rings is 1. The zero-order chi connectivity index (χ0) is 20.3. The summed E-state index contributed by atoms with van der Waals surface area (Å²) in [6.45, 7) is 6.48. The number of ether oxygens (including phenoxy) is 1. The molecule has 3 rings (SSSR count). The minimum Gasteiger partial charge on any atom is -0.457 e. The Morgan fingerprint density at radius 2 is 2.00 bits per heavy atom. The van der Waals surface area contributed by atoms with Crippen LogP contribution in [0.15, 0.2) is 35.2 Å². The molecule has 0 saturated carbocycles. The molecule has 1 aromatic heterocycles. The van der Waals surface area contributed by atoms with Crippen LogP contribution in [0.4, 0.5) is 5.69 Å². The van der Waals surface area contributed by atoms with Gasteiger partial charge in [0.05, 0.1) is 17.4 Å². The highest BCUT2D eigenvalue weighted by molar-refractivity contribution is 8.01. The molecule has 6 nitrogen and oxygen atoms in total. The Hall–Kier alpha value is -2.54. The number of thioether (sulfide) groups is 1. The van der Waals surface area contributed by atoms with E-state index < -0.39 is 11.2 Å². The number of esters is 1. The van der Waals surface area contributed by atoms with Crippen molar-refractivity contribution in [3.05, 3.63) is 47.3 Å². The van der Waals surface area contributed by atoms with Gasteiger partial charge < -0.3 is 14.6 Å². The van der Waals surface area contributed by atoms with Gasteiger partial charge in [-0.1, -0.05) is 19.1 Å². The van der Waals surface area contributed by atoms with E-state index in [0.29, 0.717) is 5.56 Å². The topological polar surface area (TPSA) is 77.4 Å². The summed E-state index contributed by atoms with van der Waals surface area (Å²) >= 11 is 1.34. The molecule has 28 heavy (non-hydrogen) atoms. The second-order valence-corrected chi connectivity index (χ2v) is 8.06. The Labute approximate surface area is 168 Å². The molecule has 7 heteroatoms. The van der Waals surface area contributed by atoms with Gasteiger partial charge in [-0.25, -0.2) is 0 Å². The monoisotopic (exact) mass is 400 g/mol. The lowest BCUT2D eigenvalue weighted by atomic mass is 10.1. The number of nitrogens with one attached hydrogen (secondary N) is 1. The van der Waals surface area contributed by atoms with Gasteiger partial charge in [0, 0.05) is 28.4 Å². The second kappa shape index (κ2) is 8.65. The molecule has 1 atom stereocenters. The number of Topliss-reactive ketones (excluding diaryl/α,β-unsaturated/α-hetero) is 1. The summed E-state index contributed by atoms with van der Waals surface area (Å²) in [5.41, 5.74) is 3.24. The largest absolute Gasteiger partial charge is 0.457 e. The van der Waals surface area contributed by atoms with E-state index >= 15 is 0 Å². The number of aromatic nitrogens is 1. The number of anilines is 1. The second-order valence-electron chi connectivity index (χ2n) is 6.82. The quantitative estimate of drug-likeness (QED) is 0.566. The van der Waals surface area contributed by atoms with Crippen molar-refractivity contribution in [2.75, 3.05) is 11.9 Å². The first-order chi connectivity index (χ1) is 13.4. The molecule has 2 heterocycles. The van der Waals surface area contributed by atoms with Crippen LogP contribution in [0, 0.1) is 13.8 Å². The van der Waals surface area contributed by atoms with E-state index in [0.717, 1.165) is 34.9 Å². The molecule has 1 N–H and O–H groups in total. The van der Waals surface area contributed by atoms with E-state index in [2.05, 4.69) is 16.8 Å². The molecule has 1 amide bonds. The average molecular weight is 401 g/mol. The van der Waals surface area contributed by atoms with Gasteiger partial charge >= 0.3 is 5.97 Å². The summed E-state index contributed by atoms with van der Waals surface area (Å²) in [7, 11) is 0. The smallest absolute Gasteiger partial charge is 0.307 e. The third kappa shape index (κ3) is 4.30. The zero-order valence-corrected chi connectivity index (χ0v) is 17.1. The lowest BCUT2D eigenvalue weighted by Crippen LogP contribution is -2.31. The third-order valence-corrected chi connectivity index (χ3v) is 6.02. The van der Waals surface area contributed by atoms with Crippen molar-refractivity contribution in [1.82, 2.24) is 4.57 Å². The van der Waals surface area contributed by atoms with Crippen molar-refractivity contribution < 1.29 is 19.1 Å². The summed E-state index contributed by atoms with van der Waals surface area (Å²) in [5, 5.41) is 2.23. The van der Waals surface area contributed by atoms with Gasteiger partial charge in [-0.3, -0.25) is 14.4 Å². The molecular formula is C21H24N2O4S. The van der Waals surface area contributed by atoms with Crippen LogP contribution < -0.4 is 5.32 Å². The molecule has 2 aromatic rings. The fraction of sp³-hybridized carbons (Fsp3) is 0.381. The van der Waals surface area contributed by atoms with Crippen LogP contribution in [0.3, 0.4) is 0 Å². The number of hydrogen-bond acceptors (Lipinski definition) is 5. The Balaban J connectivity index is 1.57. The number of rotatable bonds is 7. The maximum absolute atomic E-state index is 12.5. The van der Waals surface area contributed by atoms with Crippen LogP contribution in [0.1, 0.15) is 41.5 Å². The van der Waals surface area contributed by atoms with Gasteiger partial charge in [0.25, 0.3) is 0 Å². The number of carbonyl (C=O) groups is 3. The van der Waals surface area contributed by atoms with Crippen molar-refractivity contribution >= 4 is 35.1 Å². The molecule has 0 aliphatic carbocycles. The maximum Gasteiger partial charge on any atom is 0.307 e. The summed E-state index contributed by atoms with van der Waals surface area (Å²) in [4.78, 5) is 37.8. The van der Waals surface area contributed by atoms with E-state index in [4.69, 9.17) is 4.74 Å². The van der Waals surface area contributed by atoms with Crippen LogP contribution in [0.5, 0.6) is 0 Å². The van der Waals surface area contributed by atoms with Crippen molar-refractivity contribution in [2.24, 2.45) is 0 Å². The van der Waals surface area contributed by atoms with Gasteiger partial charge in [0.15, 0.2) is 6.61 Å². The molecule has 1 aliphatic rings. The first kappa shape index (κ1) is 20.2. The van der Waals surface area contributed by atoms with Crippen molar-refractivity contribution in [3.63, 3.8) is 0 Å². The summed E-state index contributed by atoms with van der Waals surface area (Å²) < 4.78 is 7.26. The van der Waals surface area contributed by atoms with Crippen LogP contribution in [-0.4, -0.2) is 34.1 Å².